The molecule has 1 atom stereocenters. The van der Waals surface area contributed by atoms with Gasteiger partial charge in [-0.3, -0.25) is 0 Å². The molecule has 0 amide bonds. The van der Waals surface area contributed by atoms with E-state index in [-0.39, 0.29) is 5.82 Å². The predicted molar refractivity (Wildman–Crippen MR) is 85.2 cm³/mol. The molecule has 2 aromatic carbocycles. The molecule has 2 nitrogen and oxygen atoms in total. The van der Waals surface area contributed by atoms with Gasteiger partial charge >= 0.3 is 0 Å². The van der Waals surface area contributed by atoms with Gasteiger partial charge in [-0.15, -0.1) is 0 Å². The topological polar surface area (TPSA) is 29.5 Å². The van der Waals surface area contributed by atoms with Crippen LogP contribution in [0.4, 0.5) is 4.39 Å². The number of benzene rings is 2. The number of rotatable bonds is 4. The Bertz CT molecular complexity index is 655. The van der Waals surface area contributed by atoms with Gasteiger partial charge in [-0.1, -0.05) is 28.1 Å². The number of hydrogen-bond donors (Lipinski definition) is 1. The van der Waals surface area contributed by atoms with Crippen LogP contribution in [-0.4, -0.2) is 12.2 Å². The normalized spacial score (nSPS) is 12.3. The van der Waals surface area contributed by atoms with Crippen LogP contribution in [0.25, 0.3) is 0 Å². The van der Waals surface area contributed by atoms with E-state index in [1.54, 1.807) is 19.2 Å². The highest BCUT2D eigenvalue weighted by Gasteiger charge is 2.20. The molecule has 1 unspecified atom stereocenters. The highest BCUT2D eigenvalue weighted by Crippen LogP contribution is 2.37. The molecule has 0 aromatic heterocycles. The summed E-state index contributed by atoms with van der Waals surface area (Å²) in [5, 5.41) is 10.6. The van der Waals surface area contributed by atoms with Crippen LogP contribution >= 0.6 is 15.9 Å². The summed E-state index contributed by atoms with van der Waals surface area (Å²) in [4.78, 5) is 0. The molecular formula is C17H18BrFO2. The van der Waals surface area contributed by atoms with Crippen molar-refractivity contribution in [2.75, 3.05) is 7.11 Å². The second-order valence-electron chi connectivity index (χ2n) is 5.10. The molecule has 0 bridgehead atoms. The molecular weight excluding hydrogens is 335 g/mol. The Morgan fingerprint density at radius 3 is 2.62 bits per heavy atom. The van der Waals surface area contributed by atoms with Crippen molar-refractivity contribution in [3.63, 3.8) is 0 Å². The van der Waals surface area contributed by atoms with E-state index in [1.807, 2.05) is 19.9 Å². The standard InChI is InChI=1S/C17H18BrFO2/c1-10-7-14(18)11(2)16(17(10)21-3)15(20)9-12-5-4-6-13(19)8-12/h4-8,15,20H,9H2,1-3H3. The average molecular weight is 353 g/mol. The van der Waals surface area contributed by atoms with Crippen LogP contribution < -0.4 is 4.74 Å². The van der Waals surface area contributed by atoms with Gasteiger partial charge in [0.05, 0.1) is 13.2 Å². The molecule has 2 rings (SSSR count). The van der Waals surface area contributed by atoms with E-state index >= 15 is 0 Å². The summed E-state index contributed by atoms with van der Waals surface area (Å²) in [6.07, 6.45) is -0.414. The zero-order chi connectivity index (χ0) is 15.6. The Labute approximate surface area is 132 Å². The van der Waals surface area contributed by atoms with Gasteiger partial charge in [0.25, 0.3) is 0 Å². The number of ether oxygens (including phenoxy) is 1. The van der Waals surface area contributed by atoms with Gasteiger partial charge < -0.3 is 9.84 Å². The maximum absolute atomic E-state index is 13.3. The summed E-state index contributed by atoms with van der Waals surface area (Å²) in [6.45, 7) is 3.86. The van der Waals surface area contributed by atoms with Crippen LogP contribution in [0.2, 0.25) is 0 Å². The van der Waals surface area contributed by atoms with Crippen molar-refractivity contribution in [3.05, 3.63) is 62.9 Å². The molecule has 0 spiro atoms. The number of aryl methyl sites for hydroxylation is 1. The van der Waals surface area contributed by atoms with E-state index < -0.39 is 6.10 Å². The monoisotopic (exact) mass is 352 g/mol. The summed E-state index contributed by atoms with van der Waals surface area (Å²) in [7, 11) is 1.59. The van der Waals surface area contributed by atoms with E-state index in [0.29, 0.717) is 12.2 Å². The average Bonchev–Trinajstić information content (AvgIpc) is 2.42. The zero-order valence-corrected chi connectivity index (χ0v) is 13.9. The van der Waals surface area contributed by atoms with E-state index in [9.17, 15) is 9.50 Å². The van der Waals surface area contributed by atoms with Gasteiger partial charge in [0.15, 0.2) is 0 Å². The number of hydrogen-bond acceptors (Lipinski definition) is 2. The van der Waals surface area contributed by atoms with Gasteiger partial charge in [0.1, 0.15) is 11.6 Å². The Morgan fingerprint density at radius 2 is 2.00 bits per heavy atom. The lowest BCUT2D eigenvalue weighted by Gasteiger charge is -2.20. The lowest BCUT2D eigenvalue weighted by atomic mass is 9.94. The molecule has 112 valence electrons. The molecule has 0 heterocycles. The van der Waals surface area contributed by atoms with Crippen LogP contribution in [0.1, 0.15) is 28.4 Å². The predicted octanol–water partition coefficient (Wildman–Crippen LogP) is 4.49. The third-order valence-corrected chi connectivity index (χ3v) is 4.39. The van der Waals surface area contributed by atoms with Crippen molar-refractivity contribution in [1.29, 1.82) is 0 Å². The molecule has 0 aliphatic carbocycles. The zero-order valence-electron chi connectivity index (χ0n) is 12.3. The van der Waals surface area contributed by atoms with E-state index in [2.05, 4.69) is 15.9 Å². The number of halogens is 2. The van der Waals surface area contributed by atoms with Crippen molar-refractivity contribution in [1.82, 2.24) is 0 Å². The maximum atomic E-state index is 13.3. The Balaban J connectivity index is 2.41. The Hall–Kier alpha value is -1.39. The fourth-order valence-corrected chi connectivity index (χ4v) is 3.09. The number of aliphatic hydroxyl groups excluding tert-OH is 1. The van der Waals surface area contributed by atoms with E-state index in [4.69, 9.17) is 4.74 Å². The molecule has 0 saturated carbocycles. The Morgan fingerprint density at radius 1 is 1.29 bits per heavy atom. The largest absolute Gasteiger partial charge is 0.496 e. The van der Waals surface area contributed by atoms with Gasteiger partial charge in [0, 0.05) is 16.5 Å². The molecule has 0 radical (unpaired) electrons. The first-order valence-electron chi connectivity index (χ1n) is 6.70. The fourth-order valence-electron chi connectivity index (χ4n) is 2.54. The lowest BCUT2D eigenvalue weighted by molar-refractivity contribution is 0.173. The molecule has 4 heteroatoms. The fraction of sp³-hybridized carbons (Fsp3) is 0.294. The summed E-state index contributed by atoms with van der Waals surface area (Å²) in [5.41, 5.74) is 3.37. The van der Waals surface area contributed by atoms with E-state index in [1.165, 1.54) is 12.1 Å². The summed E-state index contributed by atoms with van der Waals surface area (Å²) in [5.74, 6) is 0.383. The smallest absolute Gasteiger partial charge is 0.127 e. The molecule has 0 aliphatic rings. The van der Waals surface area contributed by atoms with Crippen LogP contribution in [0.15, 0.2) is 34.8 Å². The minimum absolute atomic E-state index is 0.297. The molecule has 1 N–H and O–H groups in total. The summed E-state index contributed by atoms with van der Waals surface area (Å²) >= 11 is 3.50. The van der Waals surface area contributed by atoms with Crippen molar-refractivity contribution >= 4 is 15.9 Å². The van der Waals surface area contributed by atoms with Gasteiger partial charge in [-0.25, -0.2) is 4.39 Å². The summed E-state index contributed by atoms with van der Waals surface area (Å²) < 4.78 is 19.6. The third kappa shape index (κ3) is 3.44. The summed E-state index contributed by atoms with van der Waals surface area (Å²) in [6, 6.07) is 8.25. The van der Waals surface area contributed by atoms with Crippen molar-refractivity contribution in [2.45, 2.75) is 26.4 Å². The van der Waals surface area contributed by atoms with Crippen LogP contribution in [0.5, 0.6) is 5.75 Å². The SMILES string of the molecule is COc1c(C)cc(Br)c(C)c1C(O)Cc1cccc(F)c1. The van der Waals surface area contributed by atoms with Crippen molar-refractivity contribution < 1.29 is 14.2 Å². The minimum Gasteiger partial charge on any atom is -0.496 e. The van der Waals surface area contributed by atoms with Gasteiger partial charge in [-0.05, 0) is 48.7 Å². The maximum Gasteiger partial charge on any atom is 0.127 e. The minimum atomic E-state index is -0.752. The number of aliphatic hydroxyl groups is 1. The second-order valence-corrected chi connectivity index (χ2v) is 5.95. The second kappa shape index (κ2) is 6.58. The first-order chi connectivity index (χ1) is 9.93. The number of methoxy groups -OCH3 is 1. The highest BCUT2D eigenvalue weighted by atomic mass is 79.9. The first-order valence-corrected chi connectivity index (χ1v) is 7.49. The Kier molecular flexibility index (Phi) is 5.01. The third-order valence-electron chi connectivity index (χ3n) is 3.56. The van der Waals surface area contributed by atoms with Gasteiger partial charge in [0.2, 0.25) is 0 Å². The van der Waals surface area contributed by atoms with E-state index in [0.717, 1.165) is 26.7 Å². The molecule has 0 aliphatic heterocycles. The lowest BCUT2D eigenvalue weighted by Crippen LogP contribution is -2.08. The van der Waals surface area contributed by atoms with Crippen LogP contribution in [0, 0.1) is 19.7 Å². The van der Waals surface area contributed by atoms with Crippen LogP contribution in [0.3, 0.4) is 0 Å². The molecule has 21 heavy (non-hydrogen) atoms. The quantitative estimate of drug-likeness (QED) is 0.878. The van der Waals surface area contributed by atoms with Crippen molar-refractivity contribution in [2.24, 2.45) is 0 Å². The molecule has 2 aromatic rings. The van der Waals surface area contributed by atoms with Crippen LogP contribution in [-0.2, 0) is 6.42 Å². The first kappa shape index (κ1) is 16.0. The van der Waals surface area contributed by atoms with Gasteiger partial charge in [-0.2, -0.15) is 0 Å². The molecule has 0 saturated heterocycles. The highest BCUT2D eigenvalue weighted by molar-refractivity contribution is 9.10. The molecule has 0 fully saturated rings. The van der Waals surface area contributed by atoms with Crippen molar-refractivity contribution in [3.8, 4) is 5.75 Å².